The van der Waals surface area contributed by atoms with Crippen LogP contribution in [0.2, 0.25) is 0 Å². The van der Waals surface area contributed by atoms with E-state index in [1.54, 1.807) is 0 Å². The quantitative estimate of drug-likeness (QED) is 0.419. The van der Waals surface area contributed by atoms with E-state index in [0.717, 1.165) is 0 Å². The van der Waals surface area contributed by atoms with Gasteiger partial charge >= 0.3 is 23.2 Å². The molecular weight excluding hydrogens is 256 g/mol. The maximum atomic E-state index is 10.5. The summed E-state index contributed by atoms with van der Waals surface area (Å²) in [7, 11) is 0. The van der Waals surface area contributed by atoms with Gasteiger partial charge in [0.2, 0.25) is 0 Å². The van der Waals surface area contributed by atoms with E-state index in [9.17, 15) is 13.2 Å². The predicted octanol–water partition coefficient (Wildman–Crippen LogP) is -3.70. The summed E-state index contributed by atoms with van der Waals surface area (Å²) in [4.78, 5) is 8.78. The first-order chi connectivity index (χ1) is 2.94. The Morgan fingerprint density at radius 2 is 1.44 bits per heavy atom. The molecule has 9 heavy (non-hydrogen) atoms. The zero-order valence-corrected chi connectivity index (χ0v) is 6.16. The number of carboxylic acids is 1. The van der Waals surface area contributed by atoms with Crippen LogP contribution in [0.5, 0.6) is 0 Å². The van der Waals surface area contributed by atoms with Gasteiger partial charge in [0.05, 0.1) is 0 Å². The number of carbonyl (C=O) groups is 1. The molecule has 0 rings (SSSR count). The molecule has 7 heteroatoms. The van der Waals surface area contributed by atoms with Crippen molar-refractivity contribution in [1.82, 2.24) is 0 Å². The average molecular weight is 256 g/mol. The first kappa shape index (κ1) is 16.1. The number of hydrogen-bond acceptors (Lipinski definition) is 2. The van der Waals surface area contributed by atoms with Crippen molar-refractivity contribution in [2.24, 2.45) is 0 Å². The Morgan fingerprint density at radius 1 is 1.33 bits per heavy atom. The smallest absolute Gasteiger partial charge is 1.00 e. The van der Waals surface area contributed by atoms with Crippen LogP contribution in [-0.4, -0.2) is 12.1 Å². The molecule has 0 aromatic heterocycles. The zero-order chi connectivity index (χ0) is 6.08. The van der Waals surface area contributed by atoms with Crippen LogP contribution < -0.4 is 22.1 Å². The molecule has 0 saturated heterocycles. The monoisotopic (exact) mass is 255 g/mol. The third-order valence-corrected chi connectivity index (χ3v) is 0.231. The summed E-state index contributed by atoms with van der Waals surface area (Å²) >= 11 is 0. The van der Waals surface area contributed by atoms with Crippen molar-refractivity contribution in [3.8, 4) is 0 Å². The van der Waals surface area contributed by atoms with Gasteiger partial charge < -0.3 is 26.9 Å². The third kappa shape index (κ3) is 8.26. The van der Waals surface area contributed by atoms with Gasteiger partial charge in [-0.25, -0.2) is 0 Å². The van der Waals surface area contributed by atoms with E-state index in [1.807, 2.05) is 0 Å². The molecule has 1 radical (unpaired) electrons. The van der Waals surface area contributed by atoms with Crippen molar-refractivity contribution >= 4 is 5.97 Å². The van der Waals surface area contributed by atoms with E-state index in [0.29, 0.717) is 0 Å². The summed E-state index contributed by atoms with van der Waals surface area (Å²) in [5, 5.41) is 8.78. The molecular formula is C2BrCuF3O2. The van der Waals surface area contributed by atoms with E-state index < -0.39 is 12.1 Å². The van der Waals surface area contributed by atoms with Gasteiger partial charge in [-0.05, 0) is 0 Å². The SMILES string of the molecule is O=C([O-])C(F)(F)F.[Br-].[Cu+2]. The van der Waals surface area contributed by atoms with Gasteiger partial charge in [0, 0.05) is 0 Å². The van der Waals surface area contributed by atoms with Crippen molar-refractivity contribution in [3.63, 3.8) is 0 Å². The van der Waals surface area contributed by atoms with Crippen LogP contribution in [0.15, 0.2) is 0 Å². The van der Waals surface area contributed by atoms with Crippen LogP contribution in [0.25, 0.3) is 0 Å². The van der Waals surface area contributed by atoms with Gasteiger partial charge in [-0.2, -0.15) is 13.2 Å². The molecule has 0 aliphatic heterocycles. The molecule has 0 atom stereocenters. The summed E-state index contributed by atoms with van der Waals surface area (Å²) in [5.74, 6) is -3.01. The number of rotatable bonds is 0. The summed E-state index contributed by atoms with van der Waals surface area (Å²) in [6.45, 7) is 0. The Kier molecular flexibility index (Phi) is 9.09. The van der Waals surface area contributed by atoms with Crippen molar-refractivity contribution < 1.29 is 57.1 Å². The summed E-state index contributed by atoms with van der Waals surface area (Å²) in [6.07, 6.45) is -5.19. The second-order valence-corrected chi connectivity index (χ2v) is 0.785. The molecule has 0 amide bonds. The molecule has 0 unspecified atom stereocenters. The van der Waals surface area contributed by atoms with Crippen LogP contribution >= 0.6 is 0 Å². The number of carbonyl (C=O) groups excluding carboxylic acids is 1. The summed E-state index contributed by atoms with van der Waals surface area (Å²) in [6, 6.07) is 0. The standard InChI is InChI=1S/C2HF3O2.BrH.Cu/c3-2(4,5)1(6)7;;/h(H,6,7);1H;/q;;+2/p-2. The predicted molar refractivity (Wildman–Crippen MR) is 11.1 cm³/mol. The minimum Gasteiger partial charge on any atom is -1.00 e. The Labute approximate surface area is 69.7 Å². The number of hydrogen-bond donors (Lipinski definition) is 0. The Hall–Kier alpha value is 0.259. The molecule has 0 aromatic carbocycles. The molecule has 0 aliphatic rings. The maximum Gasteiger partial charge on any atom is 2.00 e. The van der Waals surface area contributed by atoms with E-state index in [-0.39, 0.29) is 34.1 Å². The molecule has 59 valence electrons. The maximum absolute atomic E-state index is 10.5. The Morgan fingerprint density at radius 3 is 1.44 bits per heavy atom. The number of alkyl halides is 3. The van der Waals surface area contributed by atoms with Crippen LogP contribution in [0.3, 0.4) is 0 Å². The first-order valence-electron chi connectivity index (χ1n) is 1.23. The molecule has 0 aliphatic carbocycles. The van der Waals surface area contributed by atoms with Gasteiger partial charge in [0.15, 0.2) is 0 Å². The van der Waals surface area contributed by atoms with Crippen LogP contribution in [0.4, 0.5) is 13.2 Å². The van der Waals surface area contributed by atoms with Crippen LogP contribution in [0, 0.1) is 0 Å². The van der Waals surface area contributed by atoms with E-state index in [2.05, 4.69) is 0 Å². The minimum atomic E-state index is -5.19. The van der Waals surface area contributed by atoms with E-state index >= 15 is 0 Å². The third-order valence-electron chi connectivity index (χ3n) is 0.231. The molecule has 0 heterocycles. The normalized spacial score (nSPS) is 8.78. The first-order valence-corrected chi connectivity index (χ1v) is 1.23. The fourth-order valence-corrected chi connectivity index (χ4v) is 0. The molecule has 0 saturated carbocycles. The van der Waals surface area contributed by atoms with Gasteiger partial charge in [0.1, 0.15) is 5.97 Å². The summed E-state index contributed by atoms with van der Waals surface area (Å²) < 4.78 is 31.5. The van der Waals surface area contributed by atoms with Crippen molar-refractivity contribution in [2.45, 2.75) is 6.18 Å². The molecule has 0 fully saturated rings. The van der Waals surface area contributed by atoms with Gasteiger partial charge in [-0.1, -0.05) is 0 Å². The second kappa shape index (κ2) is 5.08. The number of halogens is 4. The fourth-order valence-electron chi connectivity index (χ4n) is 0. The van der Waals surface area contributed by atoms with Gasteiger partial charge in [-0.3, -0.25) is 0 Å². The van der Waals surface area contributed by atoms with Crippen molar-refractivity contribution in [2.75, 3.05) is 0 Å². The van der Waals surface area contributed by atoms with E-state index in [4.69, 9.17) is 9.90 Å². The average Bonchev–Trinajstić information content (AvgIpc) is 1.31. The molecule has 0 spiro atoms. The minimum absolute atomic E-state index is 0. The topological polar surface area (TPSA) is 40.1 Å². The largest absolute Gasteiger partial charge is 2.00 e. The van der Waals surface area contributed by atoms with Crippen molar-refractivity contribution in [3.05, 3.63) is 0 Å². The molecule has 2 nitrogen and oxygen atoms in total. The zero-order valence-electron chi connectivity index (χ0n) is 3.63. The van der Waals surface area contributed by atoms with Crippen LogP contribution in [0.1, 0.15) is 0 Å². The molecule has 0 bridgehead atoms. The van der Waals surface area contributed by atoms with Crippen molar-refractivity contribution in [1.29, 1.82) is 0 Å². The van der Waals surface area contributed by atoms with Gasteiger partial charge in [-0.15, -0.1) is 0 Å². The fraction of sp³-hybridized carbons (Fsp3) is 0.500. The van der Waals surface area contributed by atoms with E-state index in [1.165, 1.54) is 0 Å². The molecule has 0 aromatic rings. The summed E-state index contributed by atoms with van der Waals surface area (Å²) in [5.41, 5.74) is 0. The number of aliphatic carboxylic acids is 1. The Balaban J connectivity index is -0.000000180. The van der Waals surface area contributed by atoms with Gasteiger partial charge in [0.25, 0.3) is 0 Å². The Bertz CT molecular complexity index is 92.3. The molecule has 0 N–H and O–H groups in total. The van der Waals surface area contributed by atoms with Crippen LogP contribution in [-0.2, 0) is 21.9 Å². The second-order valence-electron chi connectivity index (χ2n) is 0.785. The number of carboxylic acid groups (broad SMARTS) is 1.